The van der Waals surface area contributed by atoms with Crippen molar-refractivity contribution in [1.29, 1.82) is 0 Å². The molecule has 0 bridgehead atoms. The molecule has 0 aliphatic heterocycles. The van der Waals surface area contributed by atoms with E-state index >= 15 is 0 Å². The van der Waals surface area contributed by atoms with Crippen molar-refractivity contribution < 1.29 is 4.79 Å². The molecule has 26 heavy (non-hydrogen) atoms. The predicted molar refractivity (Wildman–Crippen MR) is 106 cm³/mol. The Morgan fingerprint density at radius 2 is 2.04 bits per heavy atom. The van der Waals surface area contributed by atoms with E-state index in [0.29, 0.717) is 21.6 Å². The third-order valence-corrected chi connectivity index (χ3v) is 4.75. The molecule has 1 aliphatic rings. The first kappa shape index (κ1) is 18.7. The Morgan fingerprint density at radius 1 is 1.15 bits per heavy atom. The number of aromatic nitrogens is 2. The fourth-order valence-electron chi connectivity index (χ4n) is 2.80. The Morgan fingerprint density at radius 3 is 2.73 bits per heavy atom. The monoisotopic (exact) mass is 390 g/mol. The summed E-state index contributed by atoms with van der Waals surface area (Å²) < 4.78 is 0. The lowest BCUT2D eigenvalue weighted by Crippen LogP contribution is -2.15. The van der Waals surface area contributed by atoms with Crippen molar-refractivity contribution in [3.63, 3.8) is 0 Å². The maximum atomic E-state index is 12.2. The number of anilines is 2. The highest BCUT2D eigenvalue weighted by Crippen LogP contribution is 2.25. The van der Waals surface area contributed by atoms with Gasteiger partial charge in [-0.05, 0) is 50.3 Å². The first-order valence-electron chi connectivity index (χ1n) is 8.62. The molecule has 0 spiro atoms. The van der Waals surface area contributed by atoms with Crippen LogP contribution in [-0.4, -0.2) is 22.4 Å². The second-order valence-corrected chi connectivity index (χ2v) is 6.99. The van der Waals surface area contributed by atoms with E-state index in [-0.39, 0.29) is 11.6 Å². The van der Waals surface area contributed by atoms with Gasteiger partial charge in [0.1, 0.15) is 11.5 Å². The van der Waals surface area contributed by atoms with E-state index in [4.69, 9.17) is 23.2 Å². The van der Waals surface area contributed by atoms with Gasteiger partial charge in [0, 0.05) is 11.6 Å². The van der Waals surface area contributed by atoms with Crippen molar-refractivity contribution >= 4 is 40.6 Å². The van der Waals surface area contributed by atoms with Gasteiger partial charge in [0.25, 0.3) is 5.91 Å². The van der Waals surface area contributed by atoms with Crippen molar-refractivity contribution in [1.82, 2.24) is 9.97 Å². The van der Waals surface area contributed by atoms with Crippen LogP contribution in [0.15, 0.2) is 42.2 Å². The van der Waals surface area contributed by atoms with Crippen LogP contribution in [0.1, 0.15) is 42.6 Å². The standard InChI is InChI=1S/C19H20Cl2N4O/c20-14-6-7-16(15(21)10-14)25-19(26)17-11-24-18(12-23-17)22-9-8-13-4-2-1-3-5-13/h4,6-7,10-12H,1-3,5,8-9H2,(H,22,24)(H,25,26). The zero-order chi connectivity index (χ0) is 18.4. The molecular formula is C19H20Cl2N4O. The molecule has 0 unspecified atom stereocenters. The lowest BCUT2D eigenvalue weighted by Gasteiger charge is -2.13. The second kappa shape index (κ2) is 9.01. The summed E-state index contributed by atoms with van der Waals surface area (Å²) in [5.41, 5.74) is 2.20. The number of halogens is 2. The molecule has 5 nitrogen and oxygen atoms in total. The summed E-state index contributed by atoms with van der Waals surface area (Å²) in [5.74, 6) is 0.281. The summed E-state index contributed by atoms with van der Waals surface area (Å²) in [4.78, 5) is 20.7. The third kappa shape index (κ3) is 5.19. The van der Waals surface area contributed by atoms with Gasteiger partial charge >= 0.3 is 0 Å². The van der Waals surface area contributed by atoms with Gasteiger partial charge in [0.05, 0.1) is 23.1 Å². The van der Waals surface area contributed by atoms with Crippen molar-refractivity contribution in [3.8, 4) is 0 Å². The Bertz CT molecular complexity index is 806. The number of nitrogens with zero attached hydrogens (tertiary/aromatic N) is 2. The normalized spacial score (nSPS) is 13.8. The van der Waals surface area contributed by atoms with Gasteiger partial charge < -0.3 is 10.6 Å². The van der Waals surface area contributed by atoms with Gasteiger partial charge in [-0.15, -0.1) is 0 Å². The van der Waals surface area contributed by atoms with E-state index in [9.17, 15) is 4.79 Å². The summed E-state index contributed by atoms with van der Waals surface area (Å²) in [7, 11) is 0. The Balaban J connectivity index is 1.53. The van der Waals surface area contributed by atoms with Crippen molar-refractivity contribution in [2.75, 3.05) is 17.2 Å². The highest BCUT2D eigenvalue weighted by atomic mass is 35.5. The van der Waals surface area contributed by atoms with Gasteiger partial charge in [-0.1, -0.05) is 34.9 Å². The minimum atomic E-state index is -0.374. The van der Waals surface area contributed by atoms with E-state index in [1.807, 2.05) is 0 Å². The van der Waals surface area contributed by atoms with E-state index in [0.717, 1.165) is 13.0 Å². The minimum Gasteiger partial charge on any atom is -0.368 e. The first-order chi connectivity index (χ1) is 12.6. The van der Waals surface area contributed by atoms with Crippen LogP contribution in [0, 0.1) is 0 Å². The smallest absolute Gasteiger partial charge is 0.275 e. The zero-order valence-corrected chi connectivity index (χ0v) is 15.8. The van der Waals surface area contributed by atoms with Crippen molar-refractivity contribution in [3.05, 3.63) is 58.0 Å². The third-order valence-electron chi connectivity index (χ3n) is 4.20. The average molecular weight is 391 g/mol. The number of benzene rings is 1. The fourth-order valence-corrected chi connectivity index (χ4v) is 3.25. The average Bonchev–Trinajstić information content (AvgIpc) is 2.65. The van der Waals surface area contributed by atoms with Crippen molar-refractivity contribution in [2.24, 2.45) is 0 Å². The molecular weight excluding hydrogens is 371 g/mol. The molecule has 136 valence electrons. The molecule has 1 aromatic carbocycles. The molecule has 0 radical (unpaired) electrons. The van der Waals surface area contributed by atoms with Crippen LogP contribution in [-0.2, 0) is 0 Å². The summed E-state index contributed by atoms with van der Waals surface area (Å²) in [6.07, 6.45) is 11.3. The topological polar surface area (TPSA) is 66.9 Å². The Labute approximate surface area is 162 Å². The summed E-state index contributed by atoms with van der Waals surface area (Å²) in [6.45, 7) is 0.812. The van der Waals surface area contributed by atoms with Crippen LogP contribution < -0.4 is 10.6 Å². The highest BCUT2D eigenvalue weighted by Gasteiger charge is 2.11. The van der Waals surface area contributed by atoms with Crippen molar-refractivity contribution in [2.45, 2.75) is 32.1 Å². The number of carbonyl (C=O) groups is 1. The minimum absolute atomic E-state index is 0.219. The maximum absolute atomic E-state index is 12.2. The second-order valence-electron chi connectivity index (χ2n) is 6.15. The molecule has 2 N–H and O–H groups in total. The van der Waals surface area contributed by atoms with Gasteiger partial charge in [-0.3, -0.25) is 4.79 Å². The summed E-state index contributed by atoms with van der Waals surface area (Å²) >= 11 is 11.9. The predicted octanol–water partition coefficient (Wildman–Crippen LogP) is 5.34. The molecule has 1 aromatic heterocycles. The van der Waals surface area contributed by atoms with E-state index in [2.05, 4.69) is 26.7 Å². The first-order valence-corrected chi connectivity index (χ1v) is 9.37. The number of rotatable bonds is 6. The molecule has 7 heteroatoms. The van der Waals surface area contributed by atoms with E-state index < -0.39 is 0 Å². The summed E-state index contributed by atoms with van der Waals surface area (Å²) in [6, 6.07) is 4.87. The van der Waals surface area contributed by atoms with Crippen LogP contribution >= 0.6 is 23.2 Å². The quantitative estimate of drug-likeness (QED) is 0.653. The van der Waals surface area contributed by atoms with Crippen LogP contribution in [0.2, 0.25) is 10.0 Å². The molecule has 2 aromatic rings. The molecule has 0 atom stereocenters. The van der Waals surface area contributed by atoms with E-state index in [1.165, 1.54) is 37.5 Å². The number of hydrogen-bond acceptors (Lipinski definition) is 4. The molecule has 0 fully saturated rings. The Hall–Kier alpha value is -2.11. The van der Waals surface area contributed by atoms with Crippen LogP contribution in [0.3, 0.4) is 0 Å². The van der Waals surface area contributed by atoms with Crippen LogP contribution in [0.25, 0.3) is 0 Å². The SMILES string of the molecule is O=C(Nc1ccc(Cl)cc1Cl)c1cnc(NCCC2=CCCCC2)cn1. The molecule has 1 amide bonds. The number of hydrogen-bond donors (Lipinski definition) is 2. The number of amides is 1. The van der Waals surface area contributed by atoms with Gasteiger partial charge in [-0.2, -0.15) is 0 Å². The van der Waals surface area contributed by atoms with Gasteiger partial charge in [-0.25, -0.2) is 9.97 Å². The molecule has 1 heterocycles. The maximum Gasteiger partial charge on any atom is 0.275 e. The Kier molecular flexibility index (Phi) is 6.47. The fraction of sp³-hybridized carbons (Fsp3) is 0.316. The van der Waals surface area contributed by atoms with Crippen LogP contribution in [0.5, 0.6) is 0 Å². The van der Waals surface area contributed by atoms with Crippen LogP contribution in [0.4, 0.5) is 11.5 Å². The largest absolute Gasteiger partial charge is 0.368 e. The highest BCUT2D eigenvalue weighted by molar-refractivity contribution is 6.36. The molecule has 3 rings (SSSR count). The lowest BCUT2D eigenvalue weighted by molar-refractivity contribution is 0.102. The molecule has 0 saturated heterocycles. The number of nitrogens with one attached hydrogen (secondary N) is 2. The molecule has 1 aliphatic carbocycles. The molecule has 0 saturated carbocycles. The summed E-state index contributed by atoms with van der Waals surface area (Å²) in [5, 5.41) is 6.82. The van der Waals surface area contributed by atoms with Gasteiger partial charge in [0.15, 0.2) is 0 Å². The lowest BCUT2D eigenvalue weighted by atomic mass is 9.97. The van der Waals surface area contributed by atoms with E-state index in [1.54, 1.807) is 24.4 Å². The van der Waals surface area contributed by atoms with Gasteiger partial charge in [0.2, 0.25) is 0 Å². The number of allylic oxidation sites excluding steroid dienone is 1. The number of carbonyl (C=O) groups excluding carboxylic acids is 1. The zero-order valence-electron chi connectivity index (χ0n) is 14.3.